The first-order chi connectivity index (χ1) is 14.6. The number of likely N-dealkylation sites (N-methyl/N-ethyl adjacent to an activating group) is 1. The number of benzene rings is 2. The van der Waals surface area contributed by atoms with Crippen molar-refractivity contribution in [1.82, 2.24) is 14.5 Å². The SMILES string of the molecule is CN1CC(c2c[nH]c3cc(-n4ccc(OCc5ccccc5F)cc4=O)ccc23)C1. The Bertz CT molecular complexity index is 1270. The molecule has 5 rings (SSSR count). The number of nitrogens with one attached hydrogen (secondary N) is 1. The number of likely N-dealkylation sites (tertiary alicyclic amines) is 1. The minimum absolute atomic E-state index is 0.0731. The van der Waals surface area contributed by atoms with Crippen molar-refractivity contribution in [2.24, 2.45) is 0 Å². The van der Waals surface area contributed by atoms with Crippen LogP contribution in [0.5, 0.6) is 5.75 Å². The second-order valence-electron chi connectivity index (χ2n) is 7.84. The number of fused-ring (bicyclic) bond motifs is 1. The van der Waals surface area contributed by atoms with Crippen molar-refractivity contribution in [3.05, 3.63) is 94.3 Å². The molecule has 152 valence electrons. The Morgan fingerprint density at radius 1 is 1.13 bits per heavy atom. The smallest absolute Gasteiger partial charge is 0.258 e. The van der Waals surface area contributed by atoms with Crippen LogP contribution < -0.4 is 10.3 Å². The van der Waals surface area contributed by atoms with Crippen LogP contribution in [0.25, 0.3) is 16.6 Å². The van der Waals surface area contributed by atoms with E-state index in [0.717, 1.165) is 24.3 Å². The molecule has 2 aromatic heterocycles. The van der Waals surface area contributed by atoms with E-state index in [-0.39, 0.29) is 18.0 Å². The third-order valence-corrected chi connectivity index (χ3v) is 5.72. The quantitative estimate of drug-likeness (QED) is 0.547. The number of hydrogen-bond donors (Lipinski definition) is 1. The van der Waals surface area contributed by atoms with Crippen LogP contribution in [0.1, 0.15) is 17.0 Å². The third kappa shape index (κ3) is 3.39. The van der Waals surface area contributed by atoms with Crippen LogP contribution in [0, 0.1) is 5.82 Å². The maximum Gasteiger partial charge on any atom is 0.258 e. The maximum atomic E-state index is 13.7. The van der Waals surface area contributed by atoms with E-state index in [1.807, 2.05) is 12.1 Å². The third-order valence-electron chi connectivity index (χ3n) is 5.72. The Balaban J connectivity index is 1.37. The highest BCUT2D eigenvalue weighted by atomic mass is 19.1. The highest BCUT2D eigenvalue weighted by molar-refractivity contribution is 5.85. The molecule has 3 heterocycles. The largest absolute Gasteiger partial charge is 0.489 e. The van der Waals surface area contributed by atoms with Crippen LogP contribution >= 0.6 is 0 Å². The topological polar surface area (TPSA) is 50.3 Å². The van der Waals surface area contributed by atoms with E-state index >= 15 is 0 Å². The molecule has 0 radical (unpaired) electrons. The van der Waals surface area contributed by atoms with Crippen molar-refractivity contribution < 1.29 is 9.13 Å². The van der Waals surface area contributed by atoms with Crippen LogP contribution in [-0.2, 0) is 6.61 Å². The van der Waals surface area contributed by atoms with Crippen molar-refractivity contribution in [3.63, 3.8) is 0 Å². The molecule has 1 N–H and O–H groups in total. The summed E-state index contributed by atoms with van der Waals surface area (Å²) in [6, 6.07) is 15.6. The second kappa shape index (κ2) is 7.46. The minimum atomic E-state index is -0.321. The predicted molar refractivity (Wildman–Crippen MR) is 115 cm³/mol. The van der Waals surface area contributed by atoms with Gasteiger partial charge in [0.1, 0.15) is 18.2 Å². The van der Waals surface area contributed by atoms with E-state index in [1.165, 1.54) is 23.1 Å². The molecule has 0 atom stereocenters. The number of halogens is 1. The van der Waals surface area contributed by atoms with E-state index < -0.39 is 0 Å². The average molecular weight is 403 g/mol. The molecule has 2 aromatic carbocycles. The van der Waals surface area contributed by atoms with Gasteiger partial charge in [-0.15, -0.1) is 0 Å². The summed E-state index contributed by atoms with van der Waals surface area (Å²) in [7, 11) is 2.12. The molecule has 0 aliphatic carbocycles. The summed E-state index contributed by atoms with van der Waals surface area (Å²) in [5.74, 6) is 0.651. The summed E-state index contributed by atoms with van der Waals surface area (Å²) in [5.41, 5.74) is 3.38. The molecule has 0 unspecified atom stereocenters. The second-order valence-corrected chi connectivity index (χ2v) is 7.84. The fraction of sp³-hybridized carbons (Fsp3) is 0.208. The van der Waals surface area contributed by atoms with Crippen molar-refractivity contribution in [2.45, 2.75) is 12.5 Å². The Kier molecular flexibility index (Phi) is 4.64. The van der Waals surface area contributed by atoms with Gasteiger partial charge in [0.2, 0.25) is 0 Å². The van der Waals surface area contributed by atoms with Crippen molar-refractivity contribution in [3.8, 4) is 11.4 Å². The van der Waals surface area contributed by atoms with Crippen LogP contribution in [-0.4, -0.2) is 34.6 Å². The van der Waals surface area contributed by atoms with Gasteiger partial charge >= 0.3 is 0 Å². The molecule has 1 fully saturated rings. The molecule has 6 heteroatoms. The lowest BCUT2D eigenvalue weighted by atomic mass is 9.92. The maximum absolute atomic E-state index is 13.7. The Morgan fingerprint density at radius 2 is 1.97 bits per heavy atom. The number of H-pyrrole nitrogens is 1. The number of ether oxygens (including phenoxy) is 1. The molecule has 0 spiro atoms. The standard InChI is InChI=1S/C24H22FN3O2/c1-27-13-17(14-27)21-12-26-23-10-18(6-7-20(21)23)28-9-8-19(11-24(28)29)30-15-16-4-2-3-5-22(16)25/h2-12,17,26H,13-15H2,1H3. The van der Waals surface area contributed by atoms with Gasteiger partial charge < -0.3 is 14.6 Å². The van der Waals surface area contributed by atoms with Gasteiger partial charge in [-0.1, -0.05) is 24.3 Å². The Hall–Kier alpha value is -3.38. The molecule has 1 aliphatic rings. The molecular weight excluding hydrogens is 381 g/mol. The molecular formula is C24H22FN3O2. The highest BCUT2D eigenvalue weighted by Gasteiger charge is 2.26. The van der Waals surface area contributed by atoms with Crippen LogP contribution in [0.4, 0.5) is 4.39 Å². The first kappa shape index (κ1) is 18.6. The Morgan fingerprint density at radius 3 is 2.73 bits per heavy atom. The van der Waals surface area contributed by atoms with Gasteiger partial charge in [0, 0.05) is 53.9 Å². The zero-order chi connectivity index (χ0) is 20.7. The van der Waals surface area contributed by atoms with Gasteiger partial charge in [-0.05, 0) is 36.9 Å². The summed E-state index contributed by atoms with van der Waals surface area (Å²) >= 11 is 0. The van der Waals surface area contributed by atoms with Gasteiger partial charge in [0.15, 0.2) is 0 Å². The summed E-state index contributed by atoms with van der Waals surface area (Å²) in [6.45, 7) is 2.22. The predicted octanol–water partition coefficient (Wildman–Crippen LogP) is 4.07. The monoisotopic (exact) mass is 403 g/mol. The van der Waals surface area contributed by atoms with Crippen molar-refractivity contribution in [1.29, 1.82) is 0 Å². The van der Waals surface area contributed by atoms with Gasteiger partial charge in [0.25, 0.3) is 5.56 Å². The zero-order valence-corrected chi connectivity index (χ0v) is 16.6. The fourth-order valence-corrected chi connectivity index (χ4v) is 4.06. The molecule has 30 heavy (non-hydrogen) atoms. The lowest BCUT2D eigenvalue weighted by molar-refractivity contribution is 0.190. The van der Waals surface area contributed by atoms with Gasteiger partial charge in [-0.2, -0.15) is 0 Å². The Labute approximate surface area is 173 Å². The fourth-order valence-electron chi connectivity index (χ4n) is 4.06. The molecule has 0 saturated carbocycles. The van der Waals surface area contributed by atoms with Gasteiger partial charge in [0.05, 0.1) is 5.69 Å². The van der Waals surface area contributed by atoms with E-state index in [0.29, 0.717) is 17.2 Å². The molecule has 5 nitrogen and oxygen atoms in total. The first-order valence-corrected chi connectivity index (χ1v) is 9.97. The van der Waals surface area contributed by atoms with E-state index in [1.54, 1.807) is 35.0 Å². The van der Waals surface area contributed by atoms with E-state index in [2.05, 4.69) is 29.2 Å². The lowest BCUT2D eigenvalue weighted by Crippen LogP contribution is -2.41. The summed E-state index contributed by atoms with van der Waals surface area (Å²) < 4.78 is 20.9. The summed E-state index contributed by atoms with van der Waals surface area (Å²) in [4.78, 5) is 18.3. The molecule has 0 amide bonds. The average Bonchev–Trinajstić information content (AvgIpc) is 3.13. The van der Waals surface area contributed by atoms with Crippen molar-refractivity contribution in [2.75, 3.05) is 20.1 Å². The van der Waals surface area contributed by atoms with E-state index in [9.17, 15) is 9.18 Å². The number of nitrogens with zero attached hydrogens (tertiary/aromatic N) is 2. The molecule has 1 aliphatic heterocycles. The summed E-state index contributed by atoms with van der Waals surface area (Å²) in [6.07, 6.45) is 3.76. The van der Waals surface area contributed by atoms with Crippen molar-refractivity contribution >= 4 is 10.9 Å². The molecule has 0 bridgehead atoms. The van der Waals surface area contributed by atoms with Crippen LogP contribution in [0.15, 0.2) is 71.8 Å². The minimum Gasteiger partial charge on any atom is -0.489 e. The number of aromatic amines is 1. The normalized spacial score (nSPS) is 14.7. The van der Waals surface area contributed by atoms with Gasteiger partial charge in [-0.25, -0.2) is 4.39 Å². The van der Waals surface area contributed by atoms with Crippen LogP contribution in [0.2, 0.25) is 0 Å². The zero-order valence-electron chi connectivity index (χ0n) is 16.6. The number of aromatic nitrogens is 2. The number of rotatable bonds is 5. The first-order valence-electron chi connectivity index (χ1n) is 9.97. The lowest BCUT2D eigenvalue weighted by Gasteiger charge is -2.36. The highest BCUT2D eigenvalue weighted by Crippen LogP contribution is 2.32. The molecule has 1 saturated heterocycles. The number of hydrogen-bond acceptors (Lipinski definition) is 3. The van der Waals surface area contributed by atoms with E-state index in [4.69, 9.17) is 4.74 Å². The van der Waals surface area contributed by atoms with Crippen LogP contribution in [0.3, 0.4) is 0 Å². The van der Waals surface area contributed by atoms with Gasteiger partial charge in [-0.3, -0.25) is 9.36 Å². The molecule has 4 aromatic rings. The summed E-state index contributed by atoms with van der Waals surface area (Å²) in [5, 5.41) is 1.20. The number of pyridine rings is 1.